The summed E-state index contributed by atoms with van der Waals surface area (Å²) in [4.78, 5) is 12.5. The number of unbranched alkanes of at least 4 members (excludes halogenated alkanes) is 28. The fourth-order valence-corrected chi connectivity index (χ4v) is 7.01. The zero-order valence-electron chi connectivity index (χ0n) is 34.6. The van der Waals surface area contributed by atoms with Crippen LogP contribution in [0.5, 0.6) is 0 Å². The number of amides is 1. The maximum Gasteiger partial charge on any atom is 0.249 e. The van der Waals surface area contributed by atoms with Crippen molar-refractivity contribution >= 4 is 5.91 Å². The van der Waals surface area contributed by atoms with E-state index in [9.17, 15) is 25.2 Å². The first-order valence-electron chi connectivity index (χ1n) is 22.7. The third kappa shape index (κ3) is 34.6. The molecule has 6 nitrogen and oxygen atoms in total. The third-order valence-electron chi connectivity index (χ3n) is 10.6. The second-order valence-corrected chi connectivity index (χ2v) is 15.7. The number of carbonyl (C=O) groups excluding carboxylic acids is 1. The van der Waals surface area contributed by atoms with Gasteiger partial charge < -0.3 is 25.7 Å². The highest BCUT2D eigenvalue weighted by Gasteiger charge is 2.28. The smallest absolute Gasteiger partial charge is 0.249 e. The van der Waals surface area contributed by atoms with Crippen molar-refractivity contribution < 1.29 is 25.2 Å². The number of aliphatic hydroxyl groups is 4. The lowest BCUT2D eigenvalue weighted by molar-refractivity contribution is -0.132. The molecule has 0 heterocycles. The third-order valence-corrected chi connectivity index (χ3v) is 10.6. The summed E-state index contributed by atoms with van der Waals surface area (Å²) in [7, 11) is 0. The summed E-state index contributed by atoms with van der Waals surface area (Å²) in [6.45, 7) is 4.04. The molecule has 6 heteroatoms. The average Bonchev–Trinajstić information content (AvgIpc) is 3.15. The number of aliphatic hydroxyl groups excluding tert-OH is 4. The minimum atomic E-state index is -1.29. The van der Waals surface area contributed by atoms with Crippen LogP contribution in [0, 0.1) is 0 Å². The molecule has 4 unspecified atom stereocenters. The van der Waals surface area contributed by atoms with Gasteiger partial charge in [0.25, 0.3) is 0 Å². The Balaban J connectivity index is 3.77. The second kappa shape index (κ2) is 41.0. The number of nitrogens with one attached hydrogen (secondary N) is 1. The first-order chi connectivity index (χ1) is 25.5. The molecule has 5 N–H and O–H groups in total. The van der Waals surface area contributed by atoms with Crippen molar-refractivity contribution in [3.05, 3.63) is 24.3 Å². The Morgan fingerprint density at radius 2 is 0.808 bits per heavy atom. The summed E-state index contributed by atoms with van der Waals surface area (Å²) in [5, 5.41) is 43.7. The molecule has 0 fully saturated rings. The molecule has 0 spiro atoms. The van der Waals surface area contributed by atoms with Gasteiger partial charge in [-0.2, -0.15) is 0 Å². The van der Waals surface area contributed by atoms with Gasteiger partial charge in [0.15, 0.2) is 0 Å². The van der Waals surface area contributed by atoms with Crippen LogP contribution in [0.3, 0.4) is 0 Å². The Hall–Kier alpha value is -1.21. The summed E-state index contributed by atoms with van der Waals surface area (Å²) in [6, 6.07) is -1.00. The van der Waals surface area contributed by atoms with Crippen LogP contribution < -0.4 is 5.32 Å². The van der Waals surface area contributed by atoms with Gasteiger partial charge in [-0.1, -0.05) is 205 Å². The Kier molecular flexibility index (Phi) is 40.0. The molecule has 0 saturated heterocycles. The van der Waals surface area contributed by atoms with Gasteiger partial charge in [0.1, 0.15) is 12.2 Å². The summed E-state index contributed by atoms with van der Waals surface area (Å²) >= 11 is 0. The molecule has 4 atom stereocenters. The molecule has 0 aromatic carbocycles. The van der Waals surface area contributed by atoms with Crippen LogP contribution in [0.2, 0.25) is 0 Å². The molecular weight excluding hydrogens is 647 g/mol. The largest absolute Gasteiger partial charge is 0.394 e. The molecule has 0 aliphatic carbocycles. The number of allylic oxidation sites excluding steroid dienone is 4. The van der Waals surface area contributed by atoms with E-state index in [4.69, 9.17) is 0 Å². The van der Waals surface area contributed by atoms with E-state index in [1.165, 1.54) is 161 Å². The highest BCUT2D eigenvalue weighted by atomic mass is 16.3. The second-order valence-electron chi connectivity index (χ2n) is 15.7. The molecule has 0 aliphatic heterocycles. The van der Waals surface area contributed by atoms with Crippen molar-refractivity contribution in [2.24, 2.45) is 0 Å². The molecule has 0 aliphatic rings. The van der Waals surface area contributed by atoms with Crippen molar-refractivity contribution in [2.45, 2.75) is 257 Å². The van der Waals surface area contributed by atoms with Crippen molar-refractivity contribution in [3.63, 3.8) is 0 Å². The topological polar surface area (TPSA) is 110 Å². The molecule has 0 aromatic rings. The van der Waals surface area contributed by atoms with E-state index in [1.807, 2.05) is 0 Å². The lowest BCUT2D eigenvalue weighted by atomic mass is 10.00. The van der Waals surface area contributed by atoms with Crippen LogP contribution in [0.4, 0.5) is 0 Å². The van der Waals surface area contributed by atoms with Gasteiger partial charge in [-0.05, 0) is 51.4 Å². The summed E-state index contributed by atoms with van der Waals surface area (Å²) in [6.07, 6.45) is 46.4. The Bertz CT molecular complexity index is 787. The van der Waals surface area contributed by atoms with Crippen molar-refractivity contribution in [1.82, 2.24) is 5.32 Å². The van der Waals surface area contributed by atoms with E-state index in [2.05, 4.69) is 43.5 Å². The first-order valence-corrected chi connectivity index (χ1v) is 22.7. The van der Waals surface area contributed by atoms with Crippen LogP contribution in [0.25, 0.3) is 0 Å². The highest BCUT2D eigenvalue weighted by molar-refractivity contribution is 5.80. The lowest BCUT2D eigenvalue weighted by Crippen LogP contribution is -2.53. The first kappa shape index (κ1) is 50.8. The van der Waals surface area contributed by atoms with Gasteiger partial charge in [0.2, 0.25) is 5.91 Å². The van der Waals surface area contributed by atoms with E-state index >= 15 is 0 Å². The number of hydrogen-bond donors (Lipinski definition) is 5. The molecule has 52 heavy (non-hydrogen) atoms. The monoisotopic (exact) mass is 736 g/mol. The fraction of sp³-hybridized carbons (Fsp3) is 0.891. The van der Waals surface area contributed by atoms with Gasteiger partial charge in [0, 0.05) is 0 Å². The number of carbonyl (C=O) groups is 1. The van der Waals surface area contributed by atoms with Crippen LogP contribution in [-0.4, -0.2) is 57.3 Å². The molecule has 0 saturated carbocycles. The fourth-order valence-electron chi connectivity index (χ4n) is 7.01. The predicted octanol–water partition coefficient (Wildman–Crippen LogP) is 12.0. The van der Waals surface area contributed by atoms with Crippen molar-refractivity contribution in [2.75, 3.05) is 6.61 Å². The zero-order chi connectivity index (χ0) is 38.2. The summed E-state index contributed by atoms with van der Waals surface area (Å²) in [5.74, 6) is -0.595. The lowest BCUT2D eigenvalue weighted by Gasteiger charge is -2.27. The van der Waals surface area contributed by atoms with Gasteiger partial charge in [-0.25, -0.2) is 0 Å². The predicted molar refractivity (Wildman–Crippen MR) is 224 cm³/mol. The Morgan fingerprint density at radius 1 is 0.462 bits per heavy atom. The SMILES string of the molecule is CCCCCCCCCCC/C=C/CC/C=C/CCCC(O)C(O)C(CO)NC(=O)C(O)CCCCCCCCCCCCCCCCCCCC. The van der Waals surface area contributed by atoms with Crippen LogP contribution in [0.15, 0.2) is 24.3 Å². The van der Waals surface area contributed by atoms with Crippen LogP contribution >= 0.6 is 0 Å². The standard InChI is InChI=1S/C46H89NO5/c1-3-5-7-9-11-13-15-17-19-21-23-25-27-29-31-33-35-37-39-43(49)45(51)42(41-48)47-46(52)44(50)40-38-36-34-32-30-28-26-24-22-20-18-16-14-12-10-8-6-4-2/h23,25,31,33,42-45,48-51H,3-22,24,26-30,32,34-41H2,1-2H3,(H,47,52)/b25-23+,33-31+. The minimum Gasteiger partial charge on any atom is -0.394 e. The molecule has 308 valence electrons. The van der Waals surface area contributed by atoms with Gasteiger partial charge >= 0.3 is 0 Å². The molecule has 0 radical (unpaired) electrons. The van der Waals surface area contributed by atoms with E-state index < -0.39 is 36.9 Å². The van der Waals surface area contributed by atoms with E-state index in [0.717, 1.165) is 38.5 Å². The minimum absolute atomic E-state index is 0.364. The highest BCUT2D eigenvalue weighted by Crippen LogP contribution is 2.16. The normalized spacial score (nSPS) is 14.3. The summed E-state index contributed by atoms with van der Waals surface area (Å²) < 4.78 is 0. The molecule has 1 amide bonds. The van der Waals surface area contributed by atoms with E-state index in [0.29, 0.717) is 19.3 Å². The van der Waals surface area contributed by atoms with Crippen LogP contribution in [-0.2, 0) is 4.79 Å². The summed E-state index contributed by atoms with van der Waals surface area (Å²) in [5.41, 5.74) is 0. The van der Waals surface area contributed by atoms with Gasteiger partial charge in [0.05, 0.1) is 18.8 Å². The Labute approximate surface area is 323 Å². The van der Waals surface area contributed by atoms with E-state index in [1.54, 1.807) is 0 Å². The molecule has 0 aromatic heterocycles. The Morgan fingerprint density at radius 3 is 1.21 bits per heavy atom. The van der Waals surface area contributed by atoms with Crippen molar-refractivity contribution in [1.29, 1.82) is 0 Å². The van der Waals surface area contributed by atoms with Gasteiger partial charge in [-0.15, -0.1) is 0 Å². The van der Waals surface area contributed by atoms with Gasteiger partial charge in [-0.3, -0.25) is 4.79 Å². The average molecular weight is 736 g/mol. The quantitative estimate of drug-likeness (QED) is 0.0317. The molecule has 0 bridgehead atoms. The molecule has 0 rings (SSSR count). The number of rotatable bonds is 41. The number of hydrogen-bond acceptors (Lipinski definition) is 5. The molecular formula is C46H89NO5. The van der Waals surface area contributed by atoms with E-state index in [-0.39, 0.29) is 0 Å². The maximum absolute atomic E-state index is 12.5. The zero-order valence-corrected chi connectivity index (χ0v) is 34.6. The maximum atomic E-state index is 12.5. The van der Waals surface area contributed by atoms with Crippen molar-refractivity contribution in [3.8, 4) is 0 Å². The van der Waals surface area contributed by atoms with Crippen LogP contribution in [0.1, 0.15) is 232 Å².